The van der Waals surface area contributed by atoms with Gasteiger partial charge in [-0.15, -0.1) is 0 Å². The Morgan fingerprint density at radius 2 is 2.11 bits per heavy atom. The number of pyridine rings is 1. The Balaban J connectivity index is 1.93. The lowest BCUT2D eigenvalue weighted by Gasteiger charge is -2.23. The highest BCUT2D eigenvalue weighted by Crippen LogP contribution is 2.18. The van der Waals surface area contributed by atoms with E-state index in [1.807, 2.05) is 13.0 Å². The van der Waals surface area contributed by atoms with Crippen molar-refractivity contribution in [3.8, 4) is 5.88 Å². The highest BCUT2D eigenvalue weighted by atomic mass is 16.5. The summed E-state index contributed by atoms with van der Waals surface area (Å²) in [5.41, 5.74) is 2.27. The number of nitrogens with zero attached hydrogens (tertiary/aromatic N) is 1. The van der Waals surface area contributed by atoms with Gasteiger partial charge in [0.25, 0.3) is 0 Å². The van der Waals surface area contributed by atoms with Gasteiger partial charge in [-0.2, -0.15) is 0 Å². The van der Waals surface area contributed by atoms with E-state index in [1.54, 1.807) is 0 Å². The van der Waals surface area contributed by atoms with Crippen molar-refractivity contribution in [2.45, 2.75) is 52.3 Å². The Morgan fingerprint density at radius 3 is 2.74 bits per heavy atom. The zero-order chi connectivity index (χ0) is 13.7. The second-order valence-corrected chi connectivity index (χ2v) is 5.36. The van der Waals surface area contributed by atoms with Gasteiger partial charge in [-0.05, 0) is 12.5 Å². The first-order chi connectivity index (χ1) is 9.15. The number of ether oxygens (including phenoxy) is 2. The minimum atomic E-state index is 0.250. The Kier molecular flexibility index (Phi) is 5.16. The number of aromatic nitrogens is 1. The molecule has 106 valence electrons. The SMILES string of the molecule is Cc1nc(OC2CCOCC2)ccc1CNC(C)C. The maximum atomic E-state index is 5.91. The van der Waals surface area contributed by atoms with Crippen LogP contribution in [0.5, 0.6) is 5.88 Å². The zero-order valence-corrected chi connectivity index (χ0v) is 12.1. The third-order valence-corrected chi connectivity index (χ3v) is 3.33. The van der Waals surface area contributed by atoms with Crippen LogP contribution in [0, 0.1) is 6.92 Å². The maximum Gasteiger partial charge on any atom is 0.213 e. The minimum Gasteiger partial charge on any atom is -0.474 e. The molecule has 1 fully saturated rings. The van der Waals surface area contributed by atoms with Crippen LogP contribution in [0.15, 0.2) is 12.1 Å². The van der Waals surface area contributed by atoms with Crippen molar-refractivity contribution < 1.29 is 9.47 Å². The van der Waals surface area contributed by atoms with Crippen molar-refractivity contribution in [3.63, 3.8) is 0 Å². The Bertz CT molecular complexity index is 401. The van der Waals surface area contributed by atoms with E-state index in [2.05, 4.69) is 30.2 Å². The average molecular weight is 264 g/mol. The Hall–Kier alpha value is -1.13. The highest BCUT2D eigenvalue weighted by molar-refractivity contribution is 5.25. The summed E-state index contributed by atoms with van der Waals surface area (Å²) in [6.45, 7) is 8.76. The van der Waals surface area contributed by atoms with Crippen LogP contribution in [0.25, 0.3) is 0 Å². The van der Waals surface area contributed by atoms with Crippen LogP contribution in [0.1, 0.15) is 37.9 Å². The molecule has 1 N–H and O–H groups in total. The second-order valence-electron chi connectivity index (χ2n) is 5.36. The lowest BCUT2D eigenvalue weighted by molar-refractivity contribution is 0.0237. The summed E-state index contributed by atoms with van der Waals surface area (Å²) < 4.78 is 11.2. The fraction of sp³-hybridized carbons (Fsp3) is 0.667. The molecule has 2 heterocycles. The fourth-order valence-corrected chi connectivity index (χ4v) is 2.10. The predicted molar refractivity (Wildman–Crippen MR) is 75.4 cm³/mol. The van der Waals surface area contributed by atoms with Crippen LogP contribution < -0.4 is 10.1 Å². The van der Waals surface area contributed by atoms with E-state index in [0.717, 1.165) is 44.2 Å². The molecule has 1 saturated heterocycles. The molecule has 4 heteroatoms. The standard InChI is InChI=1S/C15H24N2O2/c1-11(2)16-10-13-4-5-15(17-12(13)3)19-14-6-8-18-9-7-14/h4-5,11,14,16H,6-10H2,1-3H3. The summed E-state index contributed by atoms with van der Waals surface area (Å²) in [6, 6.07) is 4.56. The van der Waals surface area contributed by atoms with E-state index in [9.17, 15) is 0 Å². The van der Waals surface area contributed by atoms with Gasteiger partial charge in [0.05, 0.1) is 13.2 Å². The van der Waals surface area contributed by atoms with Gasteiger partial charge >= 0.3 is 0 Å². The molecular weight excluding hydrogens is 240 g/mol. The average Bonchev–Trinajstić information content (AvgIpc) is 2.39. The maximum absolute atomic E-state index is 5.91. The normalized spacial score (nSPS) is 16.8. The summed E-state index contributed by atoms with van der Waals surface area (Å²) in [5, 5.41) is 3.41. The first-order valence-corrected chi connectivity index (χ1v) is 7.09. The van der Waals surface area contributed by atoms with Crippen molar-refractivity contribution in [1.82, 2.24) is 10.3 Å². The van der Waals surface area contributed by atoms with Crippen molar-refractivity contribution >= 4 is 0 Å². The minimum absolute atomic E-state index is 0.250. The molecule has 4 nitrogen and oxygen atoms in total. The summed E-state index contributed by atoms with van der Waals surface area (Å²) in [5.74, 6) is 0.734. The molecule has 0 unspecified atom stereocenters. The first kappa shape index (κ1) is 14.3. The van der Waals surface area contributed by atoms with Crippen LogP contribution in [0.3, 0.4) is 0 Å². The van der Waals surface area contributed by atoms with Gasteiger partial charge in [0.15, 0.2) is 0 Å². The lowest BCUT2D eigenvalue weighted by atomic mass is 10.1. The van der Waals surface area contributed by atoms with Crippen LogP contribution in [0.2, 0.25) is 0 Å². The Labute approximate surface area is 115 Å². The molecule has 0 amide bonds. The van der Waals surface area contributed by atoms with Gasteiger partial charge in [0, 0.05) is 37.2 Å². The van der Waals surface area contributed by atoms with Crippen LogP contribution in [-0.2, 0) is 11.3 Å². The third kappa shape index (κ3) is 4.48. The number of hydrogen-bond donors (Lipinski definition) is 1. The van der Waals surface area contributed by atoms with Gasteiger partial charge in [-0.3, -0.25) is 0 Å². The third-order valence-electron chi connectivity index (χ3n) is 3.33. The van der Waals surface area contributed by atoms with Gasteiger partial charge in [-0.25, -0.2) is 4.98 Å². The predicted octanol–water partition coefficient (Wildman–Crippen LogP) is 2.45. The van der Waals surface area contributed by atoms with E-state index in [0.29, 0.717) is 6.04 Å². The number of rotatable bonds is 5. The van der Waals surface area contributed by atoms with Crippen LogP contribution >= 0.6 is 0 Å². The topological polar surface area (TPSA) is 43.4 Å². The molecule has 19 heavy (non-hydrogen) atoms. The molecule has 0 spiro atoms. The molecule has 0 aromatic carbocycles. The molecular formula is C15H24N2O2. The van der Waals surface area contributed by atoms with Crippen molar-refractivity contribution in [1.29, 1.82) is 0 Å². The zero-order valence-electron chi connectivity index (χ0n) is 12.1. The summed E-state index contributed by atoms with van der Waals surface area (Å²) >= 11 is 0. The van der Waals surface area contributed by atoms with E-state index in [-0.39, 0.29) is 6.10 Å². The fourth-order valence-electron chi connectivity index (χ4n) is 2.10. The monoisotopic (exact) mass is 264 g/mol. The number of nitrogens with one attached hydrogen (secondary N) is 1. The second kappa shape index (κ2) is 6.87. The molecule has 1 aromatic rings. The highest BCUT2D eigenvalue weighted by Gasteiger charge is 2.16. The lowest BCUT2D eigenvalue weighted by Crippen LogP contribution is -2.26. The van der Waals surface area contributed by atoms with Crippen LogP contribution in [0.4, 0.5) is 0 Å². The Morgan fingerprint density at radius 1 is 1.37 bits per heavy atom. The molecule has 1 aliphatic heterocycles. The molecule has 0 atom stereocenters. The van der Waals surface area contributed by atoms with Gasteiger partial charge < -0.3 is 14.8 Å². The van der Waals surface area contributed by atoms with E-state index in [4.69, 9.17) is 9.47 Å². The first-order valence-electron chi connectivity index (χ1n) is 7.09. The number of aryl methyl sites for hydroxylation is 1. The molecule has 1 aliphatic rings. The molecule has 2 rings (SSSR count). The molecule has 0 bridgehead atoms. The summed E-state index contributed by atoms with van der Waals surface area (Å²) in [4.78, 5) is 4.54. The van der Waals surface area contributed by atoms with Gasteiger partial charge in [0.2, 0.25) is 5.88 Å². The van der Waals surface area contributed by atoms with Gasteiger partial charge in [-0.1, -0.05) is 19.9 Å². The largest absolute Gasteiger partial charge is 0.474 e. The van der Waals surface area contributed by atoms with E-state index < -0.39 is 0 Å². The number of hydrogen-bond acceptors (Lipinski definition) is 4. The summed E-state index contributed by atoms with van der Waals surface area (Å²) in [6.07, 6.45) is 2.16. The van der Waals surface area contributed by atoms with Crippen molar-refractivity contribution in [2.75, 3.05) is 13.2 Å². The summed E-state index contributed by atoms with van der Waals surface area (Å²) in [7, 11) is 0. The van der Waals surface area contributed by atoms with Crippen LogP contribution in [-0.4, -0.2) is 30.3 Å². The van der Waals surface area contributed by atoms with E-state index in [1.165, 1.54) is 5.56 Å². The molecule has 0 radical (unpaired) electrons. The molecule has 0 aliphatic carbocycles. The van der Waals surface area contributed by atoms with Gasteiger partial charge in [0.1, 0.15) is 6.10 Å². The smallest absolute Gasteiger partial charge is 0.213 e. The van der Waals surface area contributed by atoms with Crippen molar-refractivity contribution in [3.05, 3.63) is 23.4 Å². The molecule has 1 aromatic heterocycles. The van der Waals surface area contributed by atoms with Crippen molar-refractivity contribution in [2.24, 2.45) is 0 Å². The van der Waals surface area contributed by atoms with E-state index >= 15 is 0 Å². The molecule has 0 saturated carbocycles. The quantitative estimate of drug-likeness (QED) is 0.887.